The highest BCUT2D eigenvalue weighted by Crippen LogP contribution is 2.20. The molecule has 1 fully saturated rings. The number of likely N-dealkylation sites (tertiary alicyclic amines) is 1. The van der Waals surface area contributed by atoms with Gasteiger partial charge in [-0.2, -0.15) is 8.78 Å². The number of nitrogens with one attached hydrogen (secondary N) is 1. The van der Waals surface area contributed by atoms with E-state index in [0.29, 0.717) is 18.4 Å². The summed E-state index contributed by atoms with van der Waals surface area (Å²) in [6.45, 7) is 6.09. The fourth-order valence-electron chi connectivity index (χ4n) is 2.44. The molecule has 0 aromatic heterocycles. The molecule has 0 saturated carbocycles. The number of piperidine rings is 1. The van der Waals surface area contributed by atoms with Crippen molar-refractivity contribution in [3.8, 4) is 0 Å². The first-order chi connectivity index (χ1) is 9.00. The quantitative estimate of drug-likeness (QED) is 0.849. The molecule has 0 amide bonds. The molecule has 4 nitrogen and oxygen atoms in total. The summed E-state index contributed by atoms with van der Waals surface area (Å²) in [5.74, 6) is -2.55. The molecule has 0 atom stereocenters. The molecule has 0 bridgehead atoms. The number of alkyl halides is 2. The molecule has 0 unspecified atom stereocenters. The Bertz CT molecular complexity index is 365. The number of hydrogen-bond donors (Lipinski definition) is 1. The zero-order valence-electron chi connectivity index (χ0n) is 11.6. The maximum Gasteiger partial charge on any atom is 0.303 e. The first-order valence-electron chi connectivity index (χ1n) is 6.99. The number of amidine groups is 2. The third-order valence-electron chi connectivity index (χ3n) is 3.54. The number of hydrogen-bond acceptors (Lipinski definition) is 4. The molecule has 6 heteroatoms. The Balaban J connectivity index is 1.83. The summed E-state index contributed by atoms with van der Waals surface area (Å²) < 4.78 is 26.2. The van der Waals surface area contributed by atoms with Gasteiger partial charge < -0.3 is 10.2 Å². The molecule has 1 saturated heterocycles. The van der Waals surface area contributed by atoms with Gasteiger partial charge in [0.1, 0.15) is 5.84 Å². The SMILES string of the molecule is CCCNC1CCN(C2=NC(C(C)(F)F)=NC2)CC1. The lowest BCUT2D eigenvalue weighted by molar-refractivity contribution is 0.0993. The fourth-order valence-corrected chi connectivity index (χ4v) is 2.44. The van der Waals surface area contributed by atoms with E-state index in [1.165, 1.54) is 0 Å². The van der Waals surface area contributed by atoms with E-state index in [1.807, 2.05) is 0 Å². The molecule has 0 aromatic carbocycles. The van der Waals surface area contributed by atoms with Gasteiger partial charge in [-0.15, -0.1) is 0 Å². The number of nitrogens with zero attached hydrogens (tertiary/aromatic N) is 3. The van der Waals surface area contributed by atoms with Gasteiger partial charge in [-0.1, -0.05) is 6.92 Å². The third-order valence-corrected chi connectivity index (χ3v) is 3.54. The van der Waals surface area contributed by atoms with Crippen LogP contribution in [0.2, 0.25) is 0 Å². The predicted octanol–water partition coefficient (Wildman–Crippen LogP) is 1.92. The molecule has 2 aliphatic rings. The molecular weight excluding hydrogens is 250 g/mol. The van der Waals surface area contributed by atoms with E-state index >= 15 is 0 Å². The molecule has 108 valence electrons. The van der Waals surface area contributed by atoms with Gasteiger partial charge in [0.2, 0.25) is 0 Å². The molecular formula is C13H22F2N4. The standard InChI is InChI=1S/C13H22F2N4/c1-3-6-16-10-4-7-19(8-5-10)11-9-17-12(18-11)13(2,14)15/h10,16H,3-9H2,1-2H3. The molecule has 19 heavy (non-hydrogen) atoms. The topological polar surface area (TPSA) is 40.0 Å². The summed E-state index contributed by atoms with van der Waals surface area (Å²) in [5, 5.41) is 3.50. The van der Waals surface area contributed by atoms with Crippen LogP contribution in [0.4, 0.5) is 8.78 Å². The molecule has 0 spiro atoms. The van der Waals surface area contributed by atoms with E-state index in [4.69, 9.17) is 0 Å². The van der Waals surface area contributed by atoms with Crippen molar-refractivity contribution in [3.05, 3.63) is 0 Å². The minimum absolute atomic E-state index is 0.297. The van der Waals surface area contributed by atoms with Crippen LogP contribution in [0.5, 0.6) is 0 Å². The van der Waals surface area contributed by atoms with Crippen LogP contribution in [0.3, 0.4) is 0 Å². The molecule has 0 radical (unpaired) electrons. The van der Waals surface area contributed by atoms with Crippen LogP contribution < -0.4 is 5.32 Å². The smallest absolute Gasteiger partial charge is 0.303 e. The summed E-state index contributed by atoms with van der Waals surface area (Å²) in [5.41, 5.74) is 0. The molecule has 2 rings (SSSR count). The van der Waals surface area contributed by atoms with E-state index in [-0.39, 0.29) is 5.84 Å². The highest BCUT2D eigenvalue weighted by Gasteiger charge is 2.34. The van der Waals surface area contributed by atoms with Gasteiger partial charge in [0, 0.05) is 26.1 Å². The van der Waals surface area contributed by atoms with E-state index < -0.39 is 5.92 Å². The van der Waals surface area contributed by atoms with Crippen molar-refractivity contribution in [2.24, 2.45) is 9.98 Å². The van der Waals surface area contributed by atoms with Crippen LogP contribution in [0.25, 0.3) is 0 Å². The van der Waals surface area contributed by atoms with Gasteiger partial charge in [-0.25, -0.2) is 4.99 Å². The van der Waals surface area contributed by atoms with Crippen molar-refractivity contribution in [2.75, 3.05) is 26.2 Å². The average molecular weight is 272 g/mol. The normalized spacial score (nSPS) is 21.6. The minimum atomic E-state index is -2.93. The van der Waals surface area contributed by atoms with Gasteiger partial charge in [0.15, 0.2) is 5.84 Å². The lowest BCUT2D eigenvalue weighted by Crippen LogP contribution is -2.45. The first-order valence-corrected chi connectivity index (χ1v) is 6.99. The van der Waals surface area contributed by atoms with E-state index in [2.05, 4.69) is 27.1 Å². The highest BCUT2D eigenvalue weighted by molar-refractivity contribution is 6.05. The minimum Gasteiger partial charge on any atom is -0.358 e. The zero-order valence-corrected chi connectivity index (χ0v) is 11.6. The lowest BCUT2D eigenvalue weighted by atomic mass is 10.0. The molecule has 0 aromatic rings. The number of rotatable bonds is 4. The summed E-state index contributed by atoms with van der Waals surface area (Å²) in [6.07, 6.45) is 3.21. The lowest BCUT2D eigenvalue weighted by Gasteiger charge is -2.33. The Morgan fingerprint density at radius 2 is 2.05 bits per heavy atom. The van der Waals surface area contributed by atoms with Crippen molar-refractivity contribution in [2.45, 2.75) is 45.1 Å². The van der Waals surface area contributed by atoms with E-state index in [9.17, 15) is 8.78 Å². The van der Waals surface area contributed by atoms with Crippen molar-refractivity contribution in [1.29, 1.82) is 0 Å². The fraction of sp³-hybridized carbons (Fsp3) is 0.846. The maximum absolute atomic E-state index is 13.1. The second-order valence-electron chi connectivity index (χ2n) is 5.27. The van der Waals surface area contributed by atoms with E-state index in [1.54, 1.807) is 0 Å². The summed E-state index contributed by atoms with van der Waals surface area (Å²) >= 11 is 0. The summed E-state index contributed by atoms with van der Waals surface area (Å²) in [6, 6.07) is 0.547. The van der Waals surface area contributed by atoms with E-state index in [0.717, 1.165) is 45.8 Å². The Morgan fingerprint density at radius 3 is 2.58 bits per heavy atom. The highest BCUT2D eigenvalue weighted by atomic mass is 19.3. The Hall–Kier alpha value is -1.04. The van der Waals surface area contributed by atoms with Gasteiger partial charge in [0.25, 0.3) is 0 Å². The summed E-state index contributed by atoms with van der Waals surface area (Å²) in [7, 11) is 0. The van der Waals surface area contributed by atoms with Crippen LogP contribution in [-0.2, 0) is 0 Å². The number of aliphatic imine (C=N–C) groups is 2. The van der Waals surface area contributed by atoms with Crippen molar-refractivity contribution < 1.29 is 8.78 Å². The molecule has 1 N–H and O–H groups in total. The maximum atomic E-state index is 13.1. The zero-order chi connectivity index (χ0) is 13.9. The number of halogens is 2. The Kier molecular flexibility index (Phi) is 4.50. The Labute approximate surface area is 113 Å². The largest absolute Gasteiger partial charge is 0.358 e. The van der Waals surface area contributed by atoms with Crippen LogP contribution >= 0.6 is 0 Å². The van der Waals surface area contributed by atoms with Gasteiger partial charge >= 0.3 is 5.92 Å². The molecule has 2 heterocycles. The second-order valence-corrected chi connectivity index (χ2v) is 5.27. The third kappa shape index (κ3) is 3.72. The molecule has 2 aliphatic heterocycles. The van der Waals surface area contributed by atoms with Gasteiger partial charge in [-0.3, -0.25) is 4.99 Å². The predicted molar refractivity (Wildman–Crippen MR) is 73.2 cm³/mol. The van der Waals surface area contributed by atoms with Crippen molar-refractivity contribution in [3.63, 3.8) is 0 Å². The Morgan fingerprint density at radius 1 is 1.37 bits per heavy atom. The van der Waals surface area contributed by atoms with Crippen molar-refractivity contribution in [1.82, 2.24) is 10.2 Å². The molecule has 0 aliphatic carbocycles. The van der Waals surface area contributed by atoms with Crippen LogP contribution in [0.1, 0.15) is 33.1 Å². The summed E-state index contributed by atoms with van der Waals surface area (Å²) in [4.78, 5) is 9.92. The first kappa shape index (κ1) is 14.4. The average Bonchev–Trinajstić information content (AvgIpc) is 2.86. The van der Waals surface area contributed by atoms with Crippen LogP contribution in [-0.4, -0.2) is 54.7 Å². The second kappa shape index (κ2) is 5.94. The van der Waals surface area contributed by atoms with Crippen molar-refractivity contribution >= 4 is 11.7 Å². The monoisotopic (exact) mass is 272 g/mol. The van der Waals surface area contributed by atoms with Crippen LogP contribution in [0.15, 0.2) is 9.98 Å². The van der Waals surface area contributed by atoms with Gasteiger partial charge in [0.05, 0.1) is 6.54 Å². The van der Waals surface area contributed by atoms with Gasteiger partial charge in [-0.05, 0) is 25.8 Å². The van der Waals surface area contributed by atoms with Crippen LogP contribution in [0, 0.1) is 0 Å².